The lowest BCUT2D eigenvalue weighted by atomic mass is 10.2. The standard InChI is InChI=1S/C19H21ClN2O2S/c1-3-12-24-17-8-4-15(5-9-17)13-21-22-19(23)14(2)25-18-10-6-16(20)7-11-18/h4-11,13-14H,3,12H2,1-2H3,(H,22,23)/b21-13-/t14-/m0/s1. The van der Waals surface area contributed by atoms with Crippen molar-refractivity contribution in [1.82, 2.24) is 5.43 Å². The summed E-state index contributed by atoms with van der Waals surface area (Å²) in [5.74, 6) is 0.676. The zero-order chi connectivity index (χ0) is 18.1. The van der Waals surface area contributed by atoms with Crippen LogP contribution in [-0.4, -0.2) is 24.0 Å². The Morgan fingerprint density at radius 2 is 1.92 bits per heavy atom. The van der Waals surface area contributed by atoms with Crippen molar-refractivity contribution in [2.75, 3.05) is 6.61 Å². The maximum atomic E-state index is 12.1. The van der Waals surface area contributed by atoms with Gasteiger partial charge in [0.15, 0.2) is 0 Å². The Labute approximate surface area is 157 Å². The van der Waals surface area contributed by atoms with Crippen molar-refractivity contribution in [1.29, 1.82) is 0 Å². The fraction of sp³-hybridized carbons (Fsp3) is 0.263. The Morgan fingerprint density at radius 1 is 1.24 bits per heavy atom. The predicted molar refractivity (Wildman–Crippen MR) is 105 cm³/mol. The van der Waals surface area contributed by atoms with E-state index in [4.69, 9.17) is 16.3 Å². The number of ether oxygens (including phenoxy) is 1. The lowest BCUT2D eigenvalue weighted by molar-refractivity contribution is -0.120. The first-order chi connectivity index (χ1) is 12.1. The molecular weight excluding hydrogens is 356 g/mol. The number of rotatable bonds is 8. The Balaban J connectivity index is 1.81. The van der Waals surface area contributed by atoms with Crippen LogP contribution in [0, 0.1) is 0 Å². The van der Waals surface area contributed by atoms with Gasteiger partial charge in [0, 0.05) is 9.92 Å². The van der Waals surface area contributed by atoms with Crippen LogP contribution in [0.2, 0.25) is 5.02 Å². The molecule has 4 nitrogen and oxygen atoms in total. The Kier molecular flexibility index (Phi) is 7.82. The summed E-state index contributed by atoms with van der Waals surface area (Å²) in [4.78, 5) is 13.1. The molecule has 0 saturated carbocycles. The van der Waals surface area contributed by atoms with Crippen molar-refractivity contribution in [2.24, 2.45) is 5.10 Å². The van der Waals surface area contributed by atoms with E-state index in [1.165, 1.54) is 11.8 Å². The third-order valence-corrected chi connectivity index (χ3v) is 4.60. The normalized spacial score (nSPS) is 12.1. The number of hydrazone groups is 1. The summed E-state index contributed by atoms with van der Waals surface area (Å²) in [5, 5.41) is 4.43. The molecule has 0 heterocycles. The zero-order valence-corrected chi connectivity index (χ0v) is 15.8. The van der Waals surface area contributed by atoms with Crippen molar-refractivity contribution < 1.29 is 9.53 Å². The van der Waals surface area contributed by atoms with Gasteiger partial charge in [-0.1, -0.05) is 18.5 Å². The van der Waals surface area contributed by atoms with Gasteiger partial charge in [0.1, 0.15) is 5.75 Å². The number of benzene rings is 2. The number of halogens is 1. The minimum Gasteiger partial charge on any atom is -0.494 e. The molecule has 1 N–H and O–H groups in total. The van der Waals surface area contributed by atoms with Crippen LogP contribution >= 0.6 is 23.4 Å². The summed E-state index contributed by atoms with van der Waals surface area (Å²) in [6, 6.07) is 15.0. The van der Waals surface area contributed by atoms with Crippen LogP contribution in [0.1, 0.15) is 25.8 Å². The third kappa shape index (κ3) is 6.80. The van der Waals surface area contributed by atoms with Crippen molar-refractivity contribution in [2.45, 2.75) is 30.4 Å². The molecule has 1 amide bonds. The molecule has 0 aliphatic heterocycles. The second kappa shape index (κ2) is 10.1. The molecule has 0 radical (unpaired) electrons. The van der Waals surface area contributed by atoms with E-state index in [0.29, 0.717) is 11.6 Å². The van der Waals surface area contributed by atoms with Crippen LogP contribution < -0.4 is 10.2 Å². The van der Waals surface area contributed by atoms with Crippen molar-refractivity contribution in [3.8, 4) is 5.75 Å². The van der Waals surface area contributed by atoms with Crippen LogP contribution in [-0.2, 0) is 4.79 Å². The molecule has 1 atom stereocenters. The van der Waals surface area contributed by atoms with E-state index >= 15 is 0 Å². The summed E-state index contributed by atoms with van der Waals surface area (Å²) in [7, 11) is 0. The maximum absolute atomic E-state index is 12.1. The van der Waals surface area contributed by atoms with E-state index < -0.39 is 0 Å². The fourth-order valence-electron chi connectivity index (χ4n) is 1.90. The van der Waals surface area contributed by atoms with Gasteiger partial charge >= 0.3 is 0 Å². The summed E-state index contributed by atoms with van der Waals surface area (Å²) >= 11 is 7.31. The van der Waals surface area contributed by atoms with Gasteiger partial charge in [0.05, 0.1) is 18.1 Å². The second-order valence-corrected chi connectivity index (χ2v) is 7.22. The van der Waals surface area contributed by atoms with E-state index in [2.05, 4.69) is 17.5 Å². The fourth-order valence-corrected chi connectivity index (χ4v) is 2.89. The lowest BCUT2D eigenvalue weighted by Gasteiger charge is -2.09. The number of carbonyl (C=O) groups excluding carboxylic acids is 1. The summed E-state index contributed by atoms with van der Waals surface area (Å²) in [5.41, 5.74) is 3.45. The van der Waals surface area contributed by atoms with Crippen LogP contribution in [0.3, 0.4) is 0 Å². The average Bonchev–Trinajstić information content (AvgIpc) is 2.62. The highest BCUT2D eigenvalue weighted by molar-refractivity contribution is 8.00. The Bertz CT molecular complexity index is 702. The zero-order valence-electron chi connectivity index (χ0n) is 14.2. The molecule has 0 fully saturated rings. The van der Waals surface area contributed by atoms with Crippen molar-refractivity contribution in [3.05, 3.63) is 59.1 Å². The molecule has 25 heavy (non-hydrogen) atoms. The highest BCUT2D eigenvalue weighted by Crippen LogP contribution is 2.24. The molecule has 0 aliphatic rings. The number of hydrogen-bond donors (Lipinski definition) is 1. The molecule has 2 rings (SSSR count). The predicted octanol–water partition coefficient (Wildman–Crippen LogP) is 4.76. The summed E-state index contributed by atoms with van der Waals surface area (Å²) in [6.45, 7) is 4.60. The van der Waals surface area contributed by atoms with Gasteiger partial charge in [-0.3, -0.25) is 4.79 Å². The molecule has 0 aromatic heterocycles. The van der Waals surface area contributed by atoms with Crippen LogP contribution in [0.5, 0.6) is 5.75 Å². The molecule has 0 bridgehead atoms. The number of hydrogen-bond acceptors (Lipinski definition) is 4. The number of nitrogens with one attached hydrogen (secondary N) is 1. The van der Waals surface area contributed by atoms with E-state index in [-0.39, 0.29) is 11.2 Å². The maximum Gasteiger partial charge on any atom is 0.253 e. The van der Waals surface area contributed by atoms with E-state index in [9.17, 15) is 4.79 Å². The van der Waals surface area contributed by atoms with Crippen molar-refractivity contribution >= 4 is 35.5 Å². The number of nitrogens with zero attached hydrogens (tertiary/aromatic N) is 1. The highest BCUT2D eigenvalue weighted by atomic mass is 35.5. The molecule has 2 aromatic rings. The molecule has 6 heteroatoms. The van der Waals surface area contributed by atoms with Gasteiger partial charge in [0.2, 0.25) is 0 Å². The largest absolute Gasteiger partial charge is 0.494 e. The van der Waals surface area contributed by atoms with Crippen LogP contribution in [0.15, 0.2) is 58.5 Å². The molecule has 0 aliphatic carbocycles. The minimum atomic E-state index is -0.261. The molecule has 132 valence electrons. The smallest absolute Gasteiger partial charge is 0.253 e. The first-order valence-corrected chi connectivity index (χ1v) is 9.32. The Hall–Kier alpha value is -1.98. The summed E-state index contributed by atoms with van der Waals surface area (Å²) in [6.07, 6.45) is 2.59. The van der Waals surface area contributed by atoms with Gasteiger partial charge in [-0.05, 0) is 67.4 Å². The monoisotopic (exact) mass is 376 g/mol. The molecule has 0 spiro atoms. The summed E-state index contributed by atoms with van der Waals surface area (Å²) < 4.78 is 5.52. The quantitative estimate of drug-likeness (QED) is 0.410. The highest BCUT2D eigenvalue weighted by Gasteiger charge is 2.13. The minimum absolute atomic E-state index is 0.154. The SMILES string of the molecule is CCCOc1ccc(/C=N\NC(=O)[C@H](C)Sc2ccc(Cl)cc2)cc1. The average molecular weight is 377 g/mol. The van der Waals surface area contributed by atoms with E-state index in [0.717, 1.165) is 22.6 Å². The topological polar surface area (TPSA) is 50.7 Å². The Morgan fingerprint density at radius 3 is 2.56 bits per heavy atom. The number of amides is 1. The molecule has 0 unspecified atom stereocenters. The van der Waals surface area contributed by atoms with Crippen LogP contribution in [0.25, 0.3) is 0 Å². The molecular formula is C19H21ClN2O2S. The van der Waals surface area contributed by atoms with E-state index in [1.54, 1.807) is 18.3 Å². The molecule has 2 aromatic carbocycles. The van der Waals surface area contributed by atoms with E-state index in [1.807, 2.05) is 43.3 Å². The van der Waals surface area contributed by atoms with Gasteiger partial charge in [-0.2, -0.15) is 5.10 Å². The number of carbonyl (C=O) groups is 1. The number of thioether (sulfide) groups is 1. The van der Waals surface area contributed by atoms with Gasteiger partial charge in [0.25, 0.3) is 5.91 Å². The van der Waals surface area contributed by atoms with Gasteiger partial charge in [-0.15, -0.1) is 11.8 Å². The lowest BCUT2D eigenvalue weighted by Crippen LogP contribution is -2.26. The van der Waals surface area contributed by atoms with Gasteiger partial charge in [-0.25, -0.2) is 5.43 Å². The van der Waals surface area contributed by atoms with Gasteiger partial charge < -0.3 is 4.74 Å². The van der Waals surface area contributed by atoms with Crippen molar-refractivity contribution in [3.63, 3.8) is 0 Å². The molecule has 0 saturated heterocycles. The van der Waals surface area contributed by atoms with Crippen LogP contribution in [0.4, 0.5) is 0 Å². The first-order valence-electron chi connectivity index (χ1n) is 8.06. The third-order valence-electron chi connectivity index (χ3n) is 3.24. The first kappa shape index (κ1) is 19.3. The second-order valence-electron chi connectivity index (χ2n) is 5.37.